The van der Waals surface area contributed by atoms with Crippen molar-refractivity contribution in [3.8, 4) is 11.5 Å². The summed E-state index contributed by atoms with van der Waals surface area (Å²) in [7, 11) is -1.30. The minimum atomic E-state index is -4.05. The number of anilines is 2. The molecule has 1 aromatic heterocycles. The number of methoxy groups -OCH3 is 2. The van der Waals surface area contributed by atoms with Crippen molar-refractivity contribution in [1.29, 1.82) is 0 Å². The lowest BCUT2D eigenvalue weighted by molar-refractivity contribution is -0.111. The highest BCUT2D eigenvalue weighted by Gasteiger charge is 2.34. The number of H-pyrrole nitrogens is 2. The number of aromatic nitrogens is 2. The van der Waals surface area contributed by atoms with Gasteiger partial charge in [-0.25, -0.2) is 8.42 Å². The highest BCUT2D eigenvalue weighted by Crippen LogP contribution is 2.40. The number of carbonyl (C=O) groups excluding carboxylic acids is 1. The maximum Gasteiger partial charge on any atom is 0.272 e. The van der Waals surface area contributed by atoms with Crippen LogP contribution >= 0.6 is 0 Å². The third-order valence-corrected chi connectivity index (χ3v) is 8.21. The Kier molecular flexibility index (Phi) is 6.71. The third-order valence-electron chi connectivity index (χ3n) is 6.39. The van der Waals surface area contributed by atoms with E-state index >= 15 is 0 Å². The molecule has 1 aliphatic rings. The van der Waals surface area contributed by atoms with Crippen LogP contribution in [0.5, 0.6) is 11.5 Å². The fourth-order valence-corrected chi connectivity index (χ4v) is 6.30. The van der Waals surface area contributed by atoms with Crippen molar-refractivity contribution >= 4 is 44.2 Å². The number of rotatable bonds is 7. The summed E-state index contributed by atoms with van der Waals surface area (Å²) in [5.74, 6) is -0.385. The van der Waals surface area contributed by atoms with E-state index in [0.717, 1.165) is 5.56 Å². The van der Waals surface area contributed by atoms with Gasteiger partial charge in [0.1, 0.15) is 4.90 Å². The van der Waals surface area contributed by atoms with Gasteiger partial charge >= 0.3 is 0 Å². The Bertz CT molecular complexity index is 1860. The van der Waals surface area contributed by atoms with Crippen LogP contribution in [0.25, 0.3) is 16.8 Å². The summed E-state index contributed by atoms with van der Waals surface area (Å²) in [6.07, 6.45) is 3.18. The molecular formula is C27H24N4O7S. The number of benzene rings is 3. The van der Waals surface area contributed by atoms with Gasteiger partial charge in [0.05, 0.1) is 36.4 Å². The molecule has 11 nitrogen and oxygen atoms in total. The van der Waals surface area contributed by atoms with Gasteiger partial charge in [0.15, 0.2) is 11.5 Å². The van der Waals surface area contributed by atoms with Crippen LogP contribution in [0.3, 0.4) is 0 Å². The highest BCUT2D eigenvalue weighted by molar-refractivity contribution is 7.93. The summed E-state index contributed by atoms with van der Waals surface area (Å²) in [6, 6.07) is 14.7. The van der Waals surface area contributed by atoms with E-state index in [1.807, 2.05) is 12.1 Å². The van der Waals surface area contributed by atoms with E-state index in [1.165, 1.54) is 54.9 Å². The number of hydrogen-bond donors (Lipinski definition) is 3. The van der Waals surface area contributed by atoms with Gasteiger partial charge in [-0.15, -0.1) is 0 Å². The van der Waals surface area contributed by atoms with Crippen molar-refractivity contribution in [1.82, 2.24) is 10.2 Å². The quantitative estimate of drug-likeness (QED) is 0.300. The number of carbonyl (C=O) groups is 1. The monoisotopic (exact) mass is 548 g/mol. The Morgan fingerprint density at radius 1 is 1.00 bits per heavy atom. The molecular weight excluding hydrogens is 524 g/mol. The predicted octanol–water partition coefficient (Wildman–Crippen LogP) is 2.64. The SMILES string of the molecule is COc1cc(C=CC(=O)Nc2cccc3c(=O)[nH][nH]c(=O)c23)cc(S(=O)(=O)N2CCc3ccccc32)c1OC. The van der Waals surface area contributed by atoms with E-state index in [1.54, 1.807) is 18.2 Å². The van der Waals surface area contributed by atoms with Crippen molar-refractivity contribution in [3.63, 3.8) is 0 Å². The number of sulfonamides is 1. The lowest BCUT2D eigenvalue weighted by Gasteiger charge is -2.22. The largest absolute Gasteiger partial charge is 0.493 e. The van der Waals surface area contributed by atoms with E-state index in [9.17, 15) is 22.8 Å². The van der Waals surface area contributed by atoms with E-state index in [-0.39, 0.29) is 39.4 Å². The molecule has 39 heavy (non-hydrogen) atoms. The van der Waals surface area contributed by atoms with Gasteiger partial charge in [0, 0.05) is 12.6 Å². The molecule has 0 unspecified atom stereocenters. The molecule has 0 aliphatic carbocycles. The summed E-state index contributed by atoms with van der Waals surface area (Å²) in [4.78, 5) is 37.0. The molecule has 1 aliphatic heterocycles. The number of nitrogens with one attached hydrogen (secondary N) is 3. The Morgan fingerprint density at radius 2 is 1.77 bits per heavy atom. The average molecular weight is 549 g/mol. The lowest BCUT2D eigenvalue weighted by Crippen LogP contribution is -2.29. The van der Waals surface area contributed by atoms with E-state index in [2.05, 4.69) is 15.5 Å². The molecule has 200 valence electrons. The number of amides is 1. The number of hydrogen-bond acceptors (Lipinski definition) is 7. The van der Waals surface area contributed by atoms with Crippen LogP contribution in [-0.2, 0) is 21.2 Å². The zero-order valence-corrected chi connectivity index (χ0v) is 21.8. The zero-order chi connectivity index (χ0) is 27.7. The molecule has 0 fully saturated rings. The van der Waals surface area contributed by atoms with E-state index < -0.39 is 27.0 Å². The number of ether oxygens (including phenoxy) is 2. The Hall–Kier alpha value is -4.84. The molecule has 0 radical (unpaired) electrons. The molecule has 5 rings (SSSR count). The smallest absolute Gasteiger partial charge is 0.272 e. The topological polar surface area (TPSA) is 151 Å². The van der Waals surface area contributed by atoms with Crippen molar-refractivity contribution in [2.24, 2.45) is 0 Å². The molecule has 12 heteroatoms. The minimum absolute atomic E-state index is 0.0355. The number of fused-ring (bicyclic) bond motifs is 2. The first-order chi connectivity index (χ1) is 18.7. The normalized spacial score (nSPS) is 13.0. The summed E-state index contributed by atoms with van der Waals surface area (Å²) in [5.41, 5.74) is 0.967. The standard InChI is InChI=1S/C27H24N4O7S/c1-37-21-14-16(10-11-23(32)28-19-8-5-7-18-24(19)27(34)30-29-26(18)33)15-22(25(21)38-2)39(35,36)31-13-12-17-6-3-4-9-20(17)31/h3-11,14-15H,12-13H2,1-2H3,(H,28,32)(H,29,33)(H,30,34). The maximum absolute atomic E-state index is 13.8. The fraction of sp³-hybridized carbons (Fsp3) is 0.148. The van der Waals surface area contributed by atoms with Gasteiger partial charge in [-0.05, 0) is 54.0 Å². The van der Waals surface area contributed by atoms with Gasteiger partial charge < -0.3 is 14.8 Å². The zero-order valence-electron chi connectivity index (χ0n) is 21.0. The minimum Gasteiger partial charge on any atom is -0.493 e. The lowest BCUT2D eigenvalue weighted by atomic mass is 10.1. The van der Waals surface area contributed by atoms with Crippen molar-refractivity contribution in [3.05, 3.63) is 92.5 Å². The van der Waals surface area contributed by atoms with Crippen LogP contribution in [0.15, 0.2) is 75.2 Å². The molecule has 0 saturated carbocycles. The number of para-hydroxylation sites is 1. The van der Waals surface area contributed by atoms with Crippen LogP contribution in [-0.4, -0.2) is 45.3 Å². The van der Waals surface area contributed by atoms with Crippen LogP contribution < -0.4 is 30.2 Å². The van der Waals surface area contributed by atoms with Crippen LogP contribution in [0.2, 0.25) is 0 Å². The molecule has 0 atom stereocenters. The molecule has 0 saturated heterocycles. The van der Waals surface area contributed by atoms with Crippen molar-refractivity contribution < 1.29 is 22.7 Å². The fourth-order valence-electron chi connectivity index (χ4n) is 4.59. The van der Waals surface area contributed by atoms with Crippen LogP contribution in [0, 0.1) is 0 Å². The molecule has 1 amide bonds. The second kappa shape index (κ2) is 10.1. The molecule has 3 aromatic carbocycles. The first-order valence-corrected chi connectivity index (χ1v) is 13.3. The molecule has 2 heterocycles. The Morgan fingerprint density at radius 3 is 2.54 bits per heavy atom. The number of aromatic amines is 2. The van der Waals surface area contributed by atoms with Crippen molar-refractivity contribution in [2.45, 2.75) is 11.3 Å². The molecule has 3 N–H and O–H groups in total. The molecule has 0 bridgehead atoms. The van der Waals surface area contributed by atoms with E-state index in [4.69, 9.17) is 9.47 Å². The summed E-state index contributed by atoms with van der Waals surface area (Å²) in [6.45, 7) is 0.280. The van der Waals surface area contributed by atoms with Gasteiger partial charge in [0.25, 0.3) is 21.1 Å². The highest BCUT2D eigenvalue weighted by atomic mass is 32.2. The van der Waals surface area contributed by atoms with Gasteiger partial charge in [-0.2, -0.15) is 0 Å². The molecule has 0 spiro atoms. The van der Waals surface area contributed by atoms with Crippen molar-refractivity contribution in [2.75, 3.05) is 30.4 Å². The second-order valence-electron chi connectivity index (χ2n) is 8.67. The predicted molar refractivity (Wildman–Crippen MR) is 147 cm³/mol. The van der Waals surface area contributed by atoms with Gasteiger partial charge in [0.2, 0.25) is 5.91 Å². The van der Waals surface area contributed by atoms with Gasteiger partial charge in [-0.1, -0.05) is 24.3 Å². The summed E-state index contributed by atoms with van der Waals surface area (Å²) < 4.78 is 39.7. The third kappa shape index (κ3) is 4.66. The van der Waals surface area contributed by atoms with Crippen LogP contribution in [0.4, 0.5) is 11.4 Å². The first kappa shape index (κ1) is 25.8. The molecule has 4 aromatic rings. The number of nitrogens with zero attached hydrogens (tertiary/aromatic N) is 1. The van der Waals surface area contributed by atoms with Gasteiger partial charge in [-0.3, -0.25) is 28.9 Å². The first-order valence-electron chi connectivity index (χ1n) is 11.8. The Labute approximate surface area is 222 Å². The average Bonchev–Trinajstić information content (AvgIpc) is 3.38. The second-order valence-corrected chi connectivity index (χ2v) is 10.5. The van der Waals surface area contributed by atoms with E-state index in [0.29, 0.717) is 17.7 Å². The maximum atomic E-state index is 13.8. The Balaban J connectivity index is 1.49. The van der Waals surface area contributed by atoms with Crippen LogP contribution in [0.1, 0.15) is 11.1 Å². The summed E-state index contributed by atoms with van der Waals surface area (Å²) >= 11 is 0. The summed E-state index contributed by atoms with van der Waals surface area (Å²) in [5, 5.41) is 7.23.